The van der Waals surface area contributed by atoms with Crippen LogP contribution in [-0.2, 0) is 4.74 Å². The number of hydrogen-bond donors (Lipinski definition) is 0. The summed E-state index contributed by atoms with van der Waals surface area (Å²) in [7, 11) is 1.43. The Kier molecular flexibility index (Phi) is 6.25. The number of carbonyl (C=O) groups excluding carboxylic acids is 1. The molecule has 160 valence electrons. The molecule has 0 aliphatic heterocycles. The molecule has 0 aromatic heterocycles. The van der Waals surface area contributed by atoms with Gasteiger partial charge >= 0.3 is 6.09 Å². The van der Waals surface area contributed by atoms with E-state index in [0.29, 0.717) is 11.5 Å². The molecular weight excluding hydrogens is 396 g/mol. The van der Waals surface area contributed by atoms with Crippen LogP contribution in [0.1, 0.15) is 20.8 Å². The standard InChI is InChI=1S/C24H24N2O5/c1-24(2,3)31-23(27)25(4)21-16-18(14-15-20(21)26(28)29)30-22-13-9-8-12-19(22)17-10-6-5-7-11-17/h5-16H,1-4H3. The lowest BCUT2D eigenvalue weighted by Crippen LogP contribution is -2.34. The van der Waals surface area contributed by atoms with E-state index >= 15 is 0 Å². The van der Waals surface area contributed by atoms with E-state index in [4.69, 9.17) is 9.47 Å². The Morgan fingerprint density at radius 3 is 2.26 bits per heavy atom. The molecule has 0 atom stereocenters. The van der Waals surface area contributed by atoms with Crippen molar-refractivity contribution in [3.8, 4) is 22.6 Å². The van der Waals surface area contributed by atoms with Crippen molar-refractivity contribution in [3.63, 3.8) is 0 Å². The van der Waals surface area contributed by atoms with Crippen molar-refractivity contribution in [3.05, 3.63) is 82.9 Å². The minimum Gasteiger partial charge on any atom is -0.457 e. The molecule has 0 aliphatic rings. The van der Waals surface area contributed by atoms with E-state index in [0.717, 1.165) is 16.0 Å². The molecule has 1 amide bonds. The molecule has 0 aliphatic carbocycles. The van der Waals surface area contributed by atoms with Gasteiger partial charge in [0.2, 0.25) is 0 Å². The van der Waals surface area contributed by atoms with Gasteiger partial charge in [0.15, 0.2) is 0 Å². The van der Waals surface area contributed by atoms with Gasteiger partial charge in [-0.05, 0) is 38.5 Å². The molecule has 0 heterocycles. The van der Waals surface area contributed by atoms with Crippen molar-refractivity contribution >= 4 is 17.5 Å². The second kappa shape index (κ2) is 8.87. The second-order valence-electron chi connectivity index (χ2n) is 7.91. The zero-order chi connectivity index (χ0) is 22.6. The van der Waals surface area contributed by atoms with Crippen LogP contribution < -0.4 is 9.64 Å². The SMILES string of the molecule is CN(C(=O)OC(C)(C)C)c1cc(Oc2ccccc2-c2ccccc2)ccc1[N+](=O)[O-]. The third kappa shape index (κ3) is 5.39. The Morgan fingerprint density at radius 1 is 0.968 bits per heavy atom. The number of ether oxygens (including phenoxy) is 2. The molecule has 0 bridgehead atoms. The van der Waals surface area contributed by atoms with E-state index in [2.05, 4.69) is 0 Å². The number of anilines is 1. The third-order valence-electron chi connectivity index (χ3n) is 4.37. The van der Waals surface area contributed by atoms with Gasteiger partial charge in [-0.15, -0.1) is 0 Å². The highest BCUT2D eigenvalue weighted by Gasteiger charge is 2.26. The fraction of sp³-hybridized carbons (Fsp3) is 0.208. The number of nitrogens with zero attached hydrogens (tertiary/aromatic N) is 2. The summed E-state index contributed by atoms with van der Waals surface area (Å²) in [4.78, 5) is 24.6. The zero-order valence-electron chi connectivity index (χ0n) is 17.9. The molecule has 0 unspecified atom stereocenters. The summed E-state index contributed by atoms with van der Waals surface area (Å²) < 4.78 is 11.4. The van der Waals surface area contributed by atoms with Crippen LogP contribution in [-0.4, -0.2) is 23.7 Å². The van der Waals surface area contributed by atoms with Crippen LogP contribution in [0.5, 0.6) is 11.5 Å². The minimum absolute atomic E-state index is 0.0777. The second-order valence-corrected chi connectivity index (χ2v) is 7.91. The summed E-state index contributed by atoms with van der Waals surface area (Å²) >= 11 is 0. The highest BCUT2D eigenvalue weighted by atomic mass is 16.6. The Balaban J connectivity index is 1.97. The monoisotopic (exact) mass is 420 g/mol. The molecule has 7 heteroatoms. The van der Waals surface area contributed by atoms with E-state index in [-0.39, 0.29) is 11.4 Å². The summed E-state index contributed by atoms with van der Waals surface area (Å²) in [5.74, 6) is 0.952. The lowest BCUT2D eigenvalue weighted by molar-refractivity contribution is -0.384. The number of nitro benzene ring substituents is 1. The van der Waals surface area contributed by atoms with Crippen LogP contribution in [0.15, 0.2) is 72.8 Å². The molecular formula is C24H24N2O5. The van der Waals surface area contributed by atoms with Gasteiger partial charge in [-0.2, -0.15) is 0 Å². The summed E-state index contributed by atoms with van der Waals surface area (Å²) in [6.07, 6.45) is -0.697. The molecule has 0 N–H and O–H groups in total. The third-order valence-corrected chi connectivity index (χ3v) is 4.37. The summed E-state index contributed by atoms with van der Waals surface area (Å²) in [6.45, 7) is 5.19. The van der Waals surface area contributed by atoms with Crippen LogP contribution in [0.4, 0.5) is 16.2 Å². The van der Waals surface area contributed by atoms with Crippen molar-refractivity contribution in [2.45, 2.75) is 26.4 Å². The number of amides is 1. The molecule has 3 rings (SSSR count). The van der Waals surface area contributed by atoms with Gasteiger partial charge in [-0.3, -0.25) is 15.0 Å². The fourth-order valence-electron chi connectivity index (χ4n) is 2.96. The van der Waals surface area contributed by atoms with Gasteiger partial charge in [0, 0.05) is 24.7 Å². The first-order valence-corrected chi connectivity index (χ1v) is 9.73. The van der Waals surface area contributed by atoms with Crippen LogP contribution in [0.2, 0.25) is 0 Å². The molecule has 0 spiro atoms. The minimum atomic E-state index is -0.733. The number of hydrogen-bond acceptors (Lipinski definition) is 5. The van der Waals surface area contributed by atoms with Crippen LogP contribution in [0.3, 0.4) is 0 Å². The first kappa shape index (κ1) is 21.8. The summed E-state index contributed by atoms with van der Waals surface area (Å²) in [5, 5.41) is 11.5. The normalized spacial score (nSPS) is 11.0. The van der Waals surface area contributed by atoms with E-state index in [1.807, 2.05) is 54.6 Å². The van der Waals surface area contributed by atoms with Gasteiger partial charge in [-0.25, -0.2) is 4.79 Å². The van der Waals surface area contributed by atoms with Gasteiger partial charge in [-0.1, -0.05) is 48.5 Å². The zero-order valence-corrected chi connectivity index (χ0v) is 17.9. The fourth-order valence-corrected chi connectivity index (χ4v) is 2.96. The van der Waals surface area contributed by atoms with Crippen molar-refractivity contribution in [1.29, 1.82) is 0 Å². The highest BCUT2D eigenvalue weighted by Crippen LogP contribution is 2.37. The van der Waals surface area contributed by atoms with Crippen molar-refractivity contribution in [1.82, 2.24) is 0 Å². The van der Waals surface area contributed by atoms with Gasteiger partial charge in [0.1, 0.15) is 22.8 Å². The molecule has 0 saturated heterocycles. The predicted molar refractivity (Wildman–Crippen MR) is 120 cm³/mol. The van der Waals surface area contributed by atoms with Crippen molar-refractivity contribution < 1.29 is 19.2 Å². The lowest BCUT2D eigenvalue weighted by atomic mass is 10.0. The lowest BCUT2D eigenvalue weighted by Gasteiger charge is -2.24. The molecule has 3 aromatic carbocycles. The highest BCUT2D eigenvalue weighted by molar-refractivity contribution is 5.90. The quantitative estimate of drug-likeness (QED) is 0.351. The smallest absolute Gasteiger partial charge is 0.414 e. The van der Waals surface area contributed by atoms with E-state index < -0.39 is 16.6 Å². The maximum absolute atomic E-state index is 12.5. The van der Waals surface area contributed by atoms with Crippen molar-refractivity contribution in [2.75, 3.05) is 11.9 Å². The maximum Gasteiger partial charge on any atom is 0.414 e. The average molecular weight is 420 g/mol. The van der Waals surface area contributed by atoms with Crippen LogP contribution >= 0.6 is 0 Å². The molecule has 3 aromatic rings. The van der Waals surface area contributed by atoms with Crippen LogP contribution in [0.25, 0.3) is 11.1 Å². The number of nitro groups is 1. The number of benzene rings is 3. The van der Waals surface area contributed by atoms with E-state index in [1.54, 1.807) is 20.8 Å². The van der Waals surface area contributed by atoms with E-state index in [9.17, 15) is 14.9 Å². The van der Waals surface area contributed by atoms with Gasteiger partial charge < -0.3 is 9.47 Å². The predicted octanol–water partition coefficient (Wildman–Crippen LogP) is 6.43. The van der Waals surface area contributed by atoms with Gasteiger partial charge in [0.25, 0.3) is 5.69 Å². The molecule has 31 heavy (non-hydrogen) atoms. The average Bonchev–Trinajstić information content (AvgIpc) is 2.73. The Hall–Kier alpha value is -3.87. The maximum atomic E-state index is 12.5. The Bertz CT molecular complexity index is 1090. The van der Waals surface area contributed by atoms with Gasteiger partial charge in [0.05, 0.1) is 4.92 Å². The Morgan fingerprint density at radius 2 is 1.61 bits per heavy atom. The van der Waals surface area contributed by atoms with Crippen molar-refractivity contribution in [2.24, 2.45) is 0 Å². The van der Waals surface area contributed by atoms with E-state index in [1.165, 1.54) is 25.2 Å². The number of carbonyl (C=O) groups is 1. The topological polar surface area (TPSA) is 81.9 Å². The molecule has 0 radical (unpaired) electrons. The first-order valence-electron chi connectivity index (χ1n) is 9.73. The molecule has 0 fully saturated rings. The molecule has 0 saturated carbocycles. The number of rotatable bonds is 5. The summed E-state index contributed by atoms with van der Waals surface area (Å²) in [5.41, 5.74) is 0.976. The largest absolute Gasteiger partial charge is 0.457 e. The van der Waals surface area contributed by atoms with Crippen LogP contribution in [0, 0.1) is 10.1 Å². The first-order chi connectivity index (χ1) is 14.7. The Labute approximate surface area is 181 Å². The number of para-hydroxylation sites is 1. The molecule has 7 nitrogen and oxygen atoms in total. The summed E-state index contributed by atoms with van der Waals surface area (Å²) in [6, 6.07) is 21.5.